The first-order valence-electron chi connectivity index (χ1n) is 8.12. The van der Waals surface area contributed by atoms with Gasteiger partial charge in [-0.05, 0) is 12.1 Å². The summed E-state index contributed by atoms with van der Waals surface area (Å²) in [6, 6.07) is 3.28. The Morgan fingerprint density at radius 2 is 2.23 bits per heavy atom. The molecule has 2 aromatic rings. The third-order valence-electron chi connectivity index (χ3n) is 4.40. The van der Waals surface area contributed by atoms with Gasteiger partial charge in [0.2, 0.25) is 0 Å². The lowest BCUT2D eigenvalue weighted by molar-refractivity contribution is -0.152. The van der Waals surface area contributed by atoms with Crippen LogP contribution in [-0.4, -0.2) is 69.8 Å². The van der Waals surface area contributed by atoms with Crippen LogP contribution in [0.2, 0.25) is 0 Å². The molecule has 2 aromatic heterocycles. The van der Waals surface area contributed by atoms with Crippen molar-refractivity contribution in [1.82, 2.24) is 25.1 Å². The summed E-state index contributed by atoms with van der Waals surface area (Å²) in [4.78, 5) is 47.4. The fraction of sp³-hybridized carbons (Fsp3) is 0.312. The molecular formula is C16H16N6O3S. The number of urea groups is 1. The average Bonchev–Trinajstić information content (AvgIpc) is 3.14. The molecule has 0 unspecified atom stereocenters. The van der Waals surface area contributed by atoms with E-state index in [1.807, 2.05) is 17.5 Å². The van der Waals surface area contributed by atoms with Crippen LogP contribution in [0.5, 0.6) is 0 Å². The largest absolute Gasteiger partial charge is 0.346 e. The number of anilines is 1. The highest BCUT2D eigenvalue weighted by molar-refractivity contribution is 7.14. The van der Waals surface area contributed by atoms with Gasteiger partial charge in [0.25, 0.3) is 0 Å². The van der Waals surface area contributed by atoms with Crippen LogP contribution in [0.15, 0.2) is 29.9 Å². The Kier molecular flexibility index (Phi) is 4.25. The number of aromatic nitrogens is 2. The van der Waals surface area contributed by atoms with Crippen molar-refractivity contribution in [1.29, 1.82) is 0 Å². The van der Waals surface area contributed by atoms with Gasteiger partial charge < -0.3 is 15.1 Å². The van der Waals surface area contributed by atoms with Crippen LogP contribution in [0, 0.1) is 0 Å². The lowest BCUT2D eigenvalue weighted by atomic mass is 10.1. The zero-order valence-corrected chi connectivity index (χ0v) is 14.5. The Morgan fingerprint density at radius 1 is 1.35 bits per heavy atom. The van der Waals surface area contributed by atoms with Gasteiger partial charge in [0.15, 0.2) is 5.13 Å². The summed E-state index contributed by atoms with van der Waals surface area (Å²) in [6.45, 7) is 1.46. The van der Waals surface area contributed by atoms with Gasteiger partial charge >= 0.3 is 17.8 Å². The molecule has 2 fully saturated rings. The number of pyridine rings is 1. The van der Waals surface area contributed by atoms with Crippen LogP contribution >= 0.6 is 11.3 Å². The van der Waals surface area contributed by atoms with Crippen molar-refractivity contribution < 1.29 is 14.4 Å². The Balaban J connectivity index is 1.39. The molecule has 4 amide bonds. The summed E-state index contributed by atoms with van der Waals surface area (Å²) in [6.07, 6.45) is 3.41. The topological polar surface area (TPSA) is 108 Å². The first-order chi connectivity index (χ1) is 12.6. The number of amides is 4. The average molecular weight is 372 g/mol. The Morgan fingerprint density at radius 3 is 3.04 bits per heavy atom. The van der Waals surface area contributed by atoms with Crippen LogP contribution in [0.1, 0.15) is 0 Å². The van der Waals surface area contributed by atoms with Gasteiger partial charge in [0.1, 0.15) is 0 Å². The van der Waals surface area contributed by atoms with Gasteiger partial charge in [0, 0.05) is 49.5 Å². The number of carbonyl (C=O) groups is 3. The maximum atomic E-state index is 12.5. The molecule has 0 aliphatic carbocycles. The number of fused-ring (bicyclic) bond motifs is 1. The van der Waals surface area contributed by atoms with Gasteiger partial charge in [-0.2, -0.15) is 0 Å². The van der Waals surface area contributed by atoms with Crippen molar-refractivity contribution in [3.05, 3.63) is 29.9 Å². The van der Waals surface area contributed by atoms with E-state index >= 15 is 0 Å². The molecule has 2 aliphatic heterocycles. The van der Waals surface area contributed by atoms with Crippen LogP contribution in [0.4, 0.5) is 9.93 Å². The normalized spacial score (nSPS) is 19.8. The summed E-state index contributed by atoms with van der Waals surface area (Å²) in [5.74, 6) is -1.10. The summed E-state index contributed by atoms with van der Waals surface area (Å²) >= 11 is 1.34. The lowest BCUT2D eigenvalue weighted by Crippen LogP contribution is -2.66. The molecule has 0 aromatic carbocycles. The van der Waals surface area contributed by atoms with Gasteiger partial charge in [-0.15, -0.1) is 11.3 Å². The maximum Gasteiger partial charge on any atom is 0.323 e. The van der Waals surface area contributed by atoms with Crippen molar-refractivity contribution in [2.45, 2.75) is 6.04 Å². The highest BCUT2D eigenvalue weighted by Gasteiger charge is 2.38. The summed E-state index contributed by atoms with van der Waals surface area (Å²) in [5, 5.41) is 7.72. The van der Waals surface area contributed by atoms with Crippen molar-refractivity contribution in [2.75, 3.05) is 31.5 Å². The van der Waals surface area contributed by atoms with E-state index in [2.05, 4.69) is 20.6 Å². The zero-order valence-electron chi connectivity index (χ0n) is 13.7. The molecule has 9 nitrogen and oxygen atoms in total. The summed E-state index contributed by atoms with van der Waals surface area (Å²) in [7, 11) is 0. The van der Waals surface area contributed by atoms with Crippen molar-refractivity contribution in [2.24, 2.45) is 0 Å². The second-order valence-corrected chi connectivity index (χ2v) is 6.88. The van der Waals surface area contributed by atoms with E-state index in [-0.39, 0.29) is 12.1 Å². The number of rotatable bonds is 2. The lowest BCUT2D eigenvalue weighted by Gasteiger charge is -2.43. The summed E-state index contributed by atoms with van der Waals surface area (Å²) in [5.41, 5.74) is 1.64. The van der Waals surface area contributed by atoms with E-state index in [9.17, 15) is 14.4 Å². The molecule has 0 saturated carbocycles. The molecule has 1 atom stereocenters. The molecule has 2 N–H and O–H groups in total. The van der Waals surface area contributed by atoms with Crippen molar-refractivity contribution in [3.63, 3.8) is 0 Å². The molecule has 2 aliphatic rings. The monoisotopic (exact) mass is 372 g/mol. The number of carbonyl (C=O) groups excluding carboxylic acids is 3. The number of nitrogens with zero attached hydrogens (tertiary/aromatic N) is 4. The predicted molar refractivity (Wildman–Crippen MR) is 94.4 cm³/mol. The highest BCUT2D eigenvalue weighted by Crippen LogP contribution is 2.24. The fourth-order valence-corrected chi connectivity index (χ4v) is 3.76. The molecule has 0 radical (unpaired) electrons. The number of thiazole rings is 1. The standard InChI is InChI=1S/C16H16N6O3S/c23-13-14(24)22-5-4-21(8-11(22)7-18-13)16(25)20-15-19-12(9-26-15)10-2-1-3-17-6-10/h1-3,6,9,11H,4-5,7-8H2,(H,18,23)(H,19,20,25)/t11-/m1/s1. The Hall–Kier alpha value is -3.01. The van der Waals surface area contributed by atoms with E-state index < -0.39 is 11.8 Å². The van der Waals surface area contributed by atoms with Crippen molar-refractivity contribution >= 4 is 34.3 Å². The number of nitrogens with one attached hydrogen (secondary N) is 2. The highest BCUT2D eigenvalue weighted by atomic mass is 32.1. The first kappa shape index (κ1) is 16.5. The van der Waals surface area contributed by atoms with E-state index in [0.717, 1.165) is 11.3 Å². The molecule has 134 valence electrons. The molecule has 4 rings (SSSR count). The van der Waals surface area contributed by atoms with Gasteiger partial charge in [-0.25, -0.2) is 9.78 Å². The van der Waals surface area contributed by atoms with Crippen LogP contribution in [0.25, 0.3) is 11.3 Å². The number of hydrogen-bond donors (Lipinski definition) is 2. The molecule has 0 spiro atoms. The minimum atomic E-state index is -0.579. The van der Waals surface area contributed by atoms with Crippen LogP contribution < -0.4 is 10.6 Å². The minimum absolute atomic E-state index is 0.193. The Bertz CT molecular complexity index is 855. The smallest absolute Gasteiger partial charge is 0.323 e. The fourth-order valence-electron chi connectivity index (χ4n) is 3.05. The van der Waals surface area contributed by atoms with Crippen LogP contribution in [-0.2, 0) is 9.59 Å². The quantitative estimate of drug-likeness (QED) is 0.741. The maximum absolute atomic E-state index is 12.5. The number of piperazine rings is 2. The second kappa shape index (κ2) is 6.71. The summed E-state index contributed by atoms with van der Waals surface area (Å²) < 4.78 is 0. The van der Waals surface area contributed by atoms with Gasteiger partial charge in [-0.1, -0.05) is 0 Å². The zero-order chi connectivity index (χ0) is 18.1. The van der Waals surface area contributed by atoms with Crippen molar-refractivity contribution in [3.8, 4) is 11.3 Å². The second-order valence-electron chi connectivity index (χ2n) is 6.02. The molecular weight excluding hydrogens is 356 g/mol. The van der Waals surface area contributed by atoms with E-state index in [0.29, 0.717) is 31.3 Å². The SMILES string of the molecule is O=C1NC[C@@H]2CN(C(=O)Nc3nc(-c4cccnc4)cs3)CCN2C1=O. The van der Waals surface area contributed by atoms with E-state index in [1.165, 1.54) is 16.2 Å². The van der Waals surface area contributed by atoms with E-state index in [4.69, 9.17) is 0 Å². The van der Waals surface area contributed by atoms with Gasteiger partial charge in [-0.3, -0.25) is 19.9 Å². The Labute approximate surface area is 153 Å². The first-order valence-corrected chi connectivity index (χ1v) is 9.00. The number of hydrogen-bond acceptors (Lipinski definition) is 6. The molecule has 0 bridgehead atoms. The third kappa shape index (κ3) is 3.10. The van der Waals surface area contributed by atoms with Crippen LogP contribution in [0.3, 0.4) is 0 Å². The molecule has 2 saturated heterocycles. The van der Waals surface area contributed by atoms with Gasteiger partial charge in [0.05, 0.1) is 11.7 Å². The third-order valence-corrected chi connectivity index (χ3v) is 5.16. The van der Waals surface area contributed by atoms with E-state index in [1.54, 1.807) is 17.3 Å². The molecule has 4 heterocycles. The molecule has 26 heavy (non-hydrogen) atoms. The minimum Gasteiger partial charge on any atom is -0.346 e. The molecule has 10 heteroatoms. The predicted octanol–water partition coefficient (Wildman–Crippen LogP) is 0.380.